The second kappa shape index (κ2) is 10.2. The first kappa shape index (κ1) is 24.8. The minimum absolute atomic E-state index is 0.104. The SMILES string of the molecule is CCc1c([Se]c2cccc(C)c2)n(COCCO[Si](C)(C)C(C)(C)C)c(=O)[nH]c1=O. The number of aryl methyl sites for hydroxylation is 1. The van der Waals surface area contributed by atoms with Crippen molar-refractivity contribution in [1.29, 1.82) is 0 Å². The Balaban J connectivity index is 2.17. The van der Waals surface area contributed by atoms with Crippen LogP contribution in [0.1, 0.15) is 38.8 Å². The molecule has 0 bridgehead atoms. The second-order valence-electron chi connectivity index (χ2n) is 8.89. The molecule has 0 aliphatic carbocycles. The zero-order chi connectivity index (χ0) is 22.5. The molecule has 1 aromatic heterocycles. The first-order valence-corrected chi connectivity index (χ1v) is 14.9. The van der Waals surface area contributed by atoms with Gasteiger partial charge in [-0.25, -0.2) is 0 Å². The van der Waals surface area contributed by atoms with Gasteiger partial charge in [-0.3, -0.25) is 0 Å². The molecule has 0 fully saturated rings. The van der Waals surface area contributed by atoms with E-state index in [0.29, 0.717) is 25.2 Å². The van der Waals surface area contributed by atoms with Crippen molar-refractivity contribution in [2.24, 2.45) is 0 Å². The van der Waals surface area contributed by atoms with Crippen molar-refractivity contribution in [1.82, 2.24) is 9.55 Å². The van der Waals surface area contributed by atoms with E-state index in [1.54, 1.807) is 4.57 Å². The third-order valence-corrected chi connectivity index (χ3v) is 12.5. The number of H-pyrrole nitrogens is 1. The molecule has 1 N–H and O–H groups in total. The summed E-state index contributed by atoms with van der Waals surface area (Å²) in [6, 6.07) is 8.18. The molecule has 0 unspecified atom stereocenters. The Kier molecular flexibility index (Phi) is 8.48. The van der Waals surface area contributed by atoms with Crippen LogP contribution in [0.15, 0.2) is 33.9 Å². The third kappa shape index (κ3) is 6.28. The van der Waals surface area contributed by atoms with Crippen LogP contribution < -0.4 is 20.3 Å². The topological polar surface area (TPSA) is 73.3 Å². The number of hydrogen-bond acceptors (Lipinski definition) is 4. The van der Waals surface area contributed by atoms with Crippen LogP contribution in [0.2, 0.25) is 18.1 Å². The summed E-state index contributed by atoms with van der Waals surface area (Å²) < 4.78 is 15.4. The number of nitrogens with one attached hydrogen (secondary N) is 1. The fourth-order valence-corrected chi connectivity index (χ4v) is 6.24. The normalized spacial score (nSPS) is 12.4. The Morgan fingerprint density at radius 1 is 1.17 bits per heavy atom. The first-order chi connectivity index (χ1) is 14.0. The first-order valence-electron chi connectivity index (χ1n) is 10.3. The van der Waals surface area contributed by atoms with Crippen LogP contribution in [-0.2, 0) is 22.3 Å². The van der Waals surface area contributed by atoms with E-state index >= 15 is 0 Å². The number of benzene rings is 1. The van der Waals surface area contributed by atoms with Crippen LogP contribution in [0.25, 0.3) is 0 Å². The van der Waals surface area contributed by atoms with Gasteiger partial charge < -0.3 is 0 Å². The van der Waals surface area contributed by atoms with Gasteiger partial charge >= 0.3 is 186 Å². The summed E-state index contributed by atoms with van der Waals surface area (Å²) in [4.78, 5) is 27.4. The maximum atomic E-state index is 12.6. The summed E-state index contributed by atoms with van der Waals surface area (Å²) in [6.45, 7) is 16.0. The predicted molar refractivity (Wildman–Crippen MR) is 126 cm³/mol. The van der Waals surface area contributed by atoms with Crippen molar-refractivity contribution in [2.75, 3.05) is 13.2 Å². The van der Waals surface area contributed by atoms with Crippen LogP contribution >= 0.6 is 0 Å². The predicted octanol–water partition coefficient (Wildman–Crippen LogP) is 2.06. The molecular formula is C22H34N2O4SeSi. The molecule has 0 atom stereocenters. The van der Waals surface area contributed by atoms with Crippen LogP contribution in [0.3, 0.4) is 0 Å². The number of ether oxygens (including phenoxy) is 1. The molecule has 0 spiro atoms. The van der Waals surface area contributed by atoms with Crippen LogP contribution in [0.4, 0.5) is 0 Å². The van der Waals surface area contributed by atoms with Gasteiger partial charge in [-0.15, -0.1) is 0 Å². The average Bonchev–Trinajstić information content (AvgIpc) is 2.62. The Hall–Kier alpha value is -1.44. The second-order valence-corrected chi connectivity index (χ2v) is 15.9. The molecule has 0 aliphatic heterocycles. The van der Waals surface area contributed by atoms with Gasteiger partial charge in [0.25, 0.3) is 0 Å². The molecule has 6 nitrogen and oxygen atoms in total. The quantitative estimate of drug-likeness (QED) is 0.425. The number of nitrogens with zero attached hydrogens (tertiary/aromatic N) is 1. The summed E-state index contributed by atoms with van der Waals surface area (Å²) >= 11 is -0.175. The van der Waals surface area contributed by atoms with Gasteiger partial charge in [0, 0.05) is 0 Å². The fourth-order valence-electron chi connectivity index (χ4n) is 2.66. The minimum atomic E-state index is -1.83. The molecule has 0 amide bonds. The summed E-state index contributed by atoms with van der Waals surface area (Å²) in [7, 11) is -1.83. The molecule has 30 heavy (non-hydrogen) atoms. The van der Waals surface area contributed by atoms with E-state index in [9.17, 15) is 9.59 Å². The van der Waals surface area contributed by atoms with Gasteiger partial charge in [-0.2, -0.15) is 0 Å². The summed E-state index contributed by atoms with van der Waals surface area (Å²) in [5.74, 6) is 0. The molecule has 0 radical (unpaired) electrons. The van der Waals surface area contributed by atoms with Gasteiger partial charge in [0.15, 0.2) is 0 Å². The zero-order valence-corrected chi connectivity index (χ0v) is 21.8. The van der Waals surface area contributed by atoms with Gasteiger partial charge in [-0.1, -0.05) is 0 Å². The van der Waals surface area contributed by atoms with E-state index in [4.69, 9.17) is 9.16 Å². The van der Waals surface area contributed by atoms with E-state index in [0.717, 1.165) is 14.6 Å². The van der Waals surface area contributed by atoms with Crippen molar-refractivity contribution in [3.63, 3.8) is 0 Å². The van der Waals surface area contributed by atoms with Crippen molar-refractivity contribution in [3.8, 4) is 0 Å². The number of aromatic nitrogens is 2. The number of hydrogen-bond donors (Lipinski definition) is 1. The molecule has 0 saturated carbocycles. The average molecular weight is 498 g/mol. The number of rotatable bonds is 9. The molecule has 0 saturated heterocycles. The van der Waals surface area contributed by atoms with Crippen LogP contribution in [0.5, 0.6) is 0 Å². The summed E-state index contributed by atoms with van der Waals surface area (Å²) in [5, 5.41) is 0.141. The molecule has 2 aromatic rings. The van der Waals surface area contributed by atoms with Crippen LogP contribution in [-0.4, -0.2) is 46.0 Å². The Labute approximate surface area is 186 Å². The van der Waals surface area contributed by atoms with Gasteiger partial charge in [-0.05, 0) is 0 Å². The van der Waals surface area contributed by atoms with E-state index in [2.05, 4.69) is 44.9 Å². The fraction of sp³-hybridized carbons (Fsp3) is 0.545. The molecule has 0 aliphatic rings. The van der Waals surface area contributed by atoms with Crippen LogP contribution in [0, 0.1) is 6.92 Å². The molecule has 8 heteroatoms. The van der Waals surface area contributed by atoms with Gasteiger partial charge in [0.2, 0.25) is 0 Å². The Morgan fingerprint density at radius 2 is 1.87 bits per heavy atom. The zero-order valence-electron chi connectivity index (χ0n) is 19.1. The van der Waals surface area contributed by atoms with E-state index in [1.807, 2.05) is 32.0 Å². The van der Waals surface area contributed by atoms with E-state index in [1.165, 1.54) is 0 Å². The van der Waals surface area contributed by atoms with Crippen molar-refractivity contribution in [3.05, 3.63) is 56.2 Å². The maximum absolute atomic E-state index is 12.6. The van der Waals surface area contributed by atoms with E-state index < -0.39 is 14.0 Å². The third-order valence-electron chi connectivity index (χ3n) is 5.52. The van der Waals surface area contributed by atoms with Gasteiger partial charge in [0.1, 0.15) is 0 Å². The molecule has 1 aromatic carbocycles. The van der Waals surface area contributed by atoms with Crippen molar-refractivity contribution in [2.45, 2.75) is 65.9 Å². The summed E-state index contributed by atoms with van der Waals surface area (Å²) in [5.41, 5.74) is 1.08. The van der Waals surface area contributed by atoms with Gasteiger partial charge in [0.05, 0.1) is 0 Å². The Morgan fingerprint density at radius 3 is 2.47 bits per heavy atom. The molecular weight excluding hydrogens is 463 g/mol. The summed E-state index contributed by atoms with van der Waals surface area (Å²) in [6.07, 6.45) is 0.562. The van der Waals surface area contributed by atoms with Crippen molar-refractivity contribution < 1.29 is 9.16 Å². The number of aromatic amines is 1. The van der Waals surface area contributed by atoms with E-state index in [-0.39, 0.29) is 32.3 Å². The van der Waals surface area contributed by atoms with Crippen molar-refractivity contribution >= 4 is 32.3 Å². The Bertz CT molecular complexity index is 976. The monoisotopic (exact) mass is 498 g/mol. The molecule has 1 heterocycles. The molecule has 166 valence electrons. The standard InChI is InChI=1S/C22H34N2O4SeSi/c1-8-18-19(25)23-21(26)24(20(18)29-17-11-9-10-16(2)14-17)15-27-12-13-28-30(6,7)22(3,4)5/h9-11,14H,8,12-13,15H2,1-7H3,(H,23,25,26). The molecule has 2 rings (SSSR count).